The zero-order valence-electron chi connectivity index (χ0n) is 11.0. The lowest BCUT2D eigenvalue weighted by Gasteiger charge is -2.20. The average molecular weight is 280 g/mol. The number of rotatable bonds is 1. The summed E-state index contributed by atoms with van der Waals surface area (Å²) in [6.45, 7) is 5.51. The topological polar surface area (TPSA) is 83.1 Å². The van der Waals surface area contributed by atoms with Crippen molar-refractivity contribution in [2.75, 3.05) is 0 Å². The highest BCUT2D eigenvalue weighted by Gasteiger charge is 2.15. The number of pyridine rings is 1. The molecule has 1 aromatic rings. The molecular weight excluding hydrogens is 264 g/mol. The van der Waals surface area contributed by atoms with Crippen molar-refractivity contribution in [1.29, 1.82) is 0 Å². The van der Waals surface area contributed by atoms with Gasteiger partial charge in [0.1, 0.15) is 0 Å². The Morgan fingerprint density at radius 1 is 1.26 bits per heavy atom. The van der Waals surface area contributed by atoms with E-state index in [9.17, 15) is 9.59 Å². The summed E-state index contributed by atoms with van der Waals surface area (Å²) in [6, 6.07) is 2.77. The second-order valence-electron chi connectivity index (χ2n) is 4.85. The maximum absolute atomic E-state index is 11.7. The summed E-state index contributed by atoms with van der Waals surface area (Å²) < 4.78 is 0. The zero-order valence-corrected chi connectivity index (χ0v) is 11.8. The van der Waals surface area contributed by atoms with Gasteiger partial charge in [-0.3, -0.25) is 20.4 Å². The monoisotopic (exact) mass is 280 g/mol. The van der Waals surface area contributed by atoms with Crippen LogP contribution in [0.25, 0.3) is 0 Å². The molecule has 3 amide bonds. The minimum absolute atomic E-state index is 0.0596. The van der Waals surface area contributed by atoms with E-state index >= 15 is 0 Å². The minimum Gasteiger partial charge on any atom is -0.333 e. The highest BCUT2D eigenvalue weighted by atomic mass is 32.1. The summed E-state index contributed by atoms with van der Waals surface area (Å²) in [5.41, 5.74) is -0.0181. The molecule has 3 N–H and O–H groups in total. The Labute approximate surface area is 117 Å². The van der Waals surface area contributed by atoms with Gasteiger partial charge in [0.05, 0.1) is 5.56 Å². The highest BCUT2D eigenvalue weighted by Crippen LogP contribution is 1.97. The van der Waals surface area contributed by atoms with E-state index in [1.54, 1.807) is 18.3 Å². The Bertz CT molecular complexity index is 482. The third-order valence-electron chi connectivity index (χ3n) is 1.87. The summed E-state index contributed by atoms with van der Waals surface area (Å²) in [5, 5.41) is 7.36. The largest absolute Gasteiger partial charge is 0.333 e. The molecule has 0 aliphatic rings. The molecule has 0 atom stereocenters. The van der Waals surface area contributed by atoms with Crippen molar-refractivity contribution >= 4 is 29.3 Å². The molecule has 1 rings (SSSR count). The molecule has 0 radical (unpaired) electrons. The molecule has 102 valence electrons. The van der Waals surface area contributed by atoms with Gasteiger partial charge in [0.15, 0.2) is 5.11 Å². The summed E-state index contributed by atoms with van der Waals surface area (Å²) in [5.74, 6) is -0.422. The maximum Gasteiger partial charge on any atom is 0.321 e. The Hall–Kier alpha value is -2.02. The molecule has 0 saturated carbocycles. The smallest absolute Gasteiger partial charge is 0.321 e. The van der Waals surface area contributed by atoms with Crippen LogP contribution in [0.3, 0.4) is 0 Å². The van der Waals surface area contributed by atoms with Crippen molar-refractivity contribution in [3.63, 3.8) is 0 Å². The number of hydrogen-bond donors (Lipinski definition) is 3. The van der Waals surface area contributed by atoms with Crippen LogP contribution in [0.15, 0.2) is 24.5 Å². The number of aromatic nitrogens is 1. The van der Waals surface area contributed by atoms with Crippen molar-refractivity contribution in [1.82, 2.24) is 20.9 Å². The standard InChI is InChI=1S/C12H16N4O2S/c1-12(2,3)16-10(18)15-11(19)14-9(17)8-5-4-6-13-7-8/h4-7H,1-3H3,(H3,14,15,16,17,18,19). The Kier molecular flexibility index (Phi) is 4.94. The van der Waals surface area contributed by atoms with Crippen LogP contribution in [0, 0.1) is 0 Å². The van der Waals surface area contributed by atoms with E-state index in [-0.39, 0.29) is 10.7 Å². The van der Waals surface area contributed by atoms with E-state index in [0.29, 0.717) is 5.56 Å². The Balaban J connectivity index is 2.48. The van der Waals surface area contributed by atoms with Gasteiger partial charge >= 0.3 is 6.03 Å². The number of amides is 3. The predicted octanol–water partition coefficient (Wildman–Crippen LogP) is 1.19. The first-order valence-corrected chi connectivity index (χ1v) is 6.03. The van der Waals surface area contributed by atoms with Gasteiger partial charge in [-0.25, -0.2) is 4.79 Å². The molecule has 6 nitrogen and oxygen atoms in total. The van der Waals surface area contributed by atoms with Crippen LogP contribution in [-0.2, 0) is 0 Å². The molecule has 0 unspecified atom stereocenters. The molecule has 0 aliphatic heterocycles. The van der Waals surface area contributed by atoms with Gasteiger partial charge in [-0.2, -0.15) is 0 Å². The fourth-order valence-electron chi connectivity index (χ4n) is 1.18. The van der Waals surface area contributed by atoms with Gasteiger partial charge in [-0.05, 0) is 45.1 Å². The quantitative estimate of drug-likeness (QED) is 0.675. The van der Waals surface area contributed by atoms with Gasteiger partial charge < -0.3 is 5.32 Å². The Morgan fingerprint density at radius 3 is 2.47 bits per heavy atom. The fourth-order valence-corrected chi connectivity index (χ4v) is 1.36. The average Bonchev–Trinajstić information content (AvgIpc) is 2.27. The first kappa shape index (κ1) is 15.0. The number of carbonyl (C=O) groups is 2. The summed E-state index contributed by atoms with van der Waals surface area (Å²) >= 11 is 4.87. The third kappa shape index (κ3) is 5.91. The van der Waals surface area contributed by atoms with Gasteiger partial charge in [0.2, 0.25) is 0 Å². The molecular formula is C12H16N4O2S. The number of hydrogen-bond acceptors (Lipinski definition) is 4. The van der Waals surface area contributed by atoms with Gasteiger partial charge in [0, 0.05) is 17.9 Å². The number of carbonyl (C=O) groups excluding carboxylic acids is 2. The molecule has 0 bridgehead atoms. The lowest BCUT2D eigenvalue weighted by atomic mass is 10.1. The van der Waals surface area contributed by atoms with E-state index in [0.717, 1.165) is 0 Å². The second-order valence-corrected chi connectivity index (χ2v) is 5.26. The normalized spacial score (nSPS) is 10.5. The van der Waals surface area contributed by atoms with Gasteiger partial charge in [-0.1, -0.05) is 0 Å². The van der Waals surface area contributed by atoms with E-state index in [2.05, 4.69) is 20.9 Å². The summed E-state index contributed by atoms with van der Waals surface area (Å²) in [6.07, 6.45) is 2.97. The summed E-state index contributed by atoms with van der Waals surface area (Å²) in [7, 11) is 0. The lowest BCUT2D eigenvalue weighted by molar-refractivity contribution is 0.0976. The van der Waals surface area contributed by atoms with Gasteiger partial charge in [-0.15, -0.1) is 0 Å². The van der Waals surface area contributed by atoms with Crippen LogP contribution in [-0.4, -0.2) is 27.6 Å². The predicted molar refractivity (Wildman–Crippen MR) is 75.7 cm³/mol. The van der Waals surface area contributed by atoms with Gasteiger partial charge in [0.25, 0.3) is 5.91 Å². The van der Waals surface area contributed by atoms with E-state index in [1.165, 1.54) is 6.20 Å². The fraction of sp³-hybridized carbons (Fsp3) is 0.333. The lowest BCUT2D eigenvalue weighted by Crippen LogP contribution is -2.51. The molecule has 0 aliphatic carbocycles. The van der Waals surface area contributed by atoms with E-state index < -0.39 is 11.9 Å². The van der Waals surface area contributed by atoms with E-state index in [1.807, 2.05) is 20.8 Å². The van der Waals surface area contributed by atoms with Crippen LogP contribution in [0.2, 0.25) is 0 Å². The third-order valence-corrected chi connectivity index (χ3v) is 2.07. The van der Waals surface area contributed by atoms with Crippen molar-refractivity contribution < 1.29 is 9.59 Å². The zero-order chi connectivity index (χ0) is 14.5. The number of urea groups is 1. The van der Waals surface area contributed by atoms with Crippen molar-refractivity contribution in [3.05, 3.63) is 30.1 Å². The van der Waals surface area contributed by atoms with Crippen LogP contribution in [0.1, 0.15) is 31.1 Å². The van der Waals surface area contributed by atoms with Crippen molar-refractivity contribution in [2.24, 2.45) is 0 Å². The summed E-state index contributed by atoms with van der Waals surface area (Å²) in [4.78, 5) is 27.0. The number of thiocarbonyl (C=S) groups is 1. The molecule has 0 aromatic carbocycles. The van der Waals surface area contributed by atoms with Crippen molar-refractivity contribution in [2.45, 2.75) is 26.3 Å². The van der Waals surface area contributed by atoms with Crippen LogP contribution >= 0.6 is 12.2 Å². The second kappa shape index (κ2) is 6.24. The van der Waals surface area contributed by atoms with Crippen molar-refractivity contribution in [3.8, 4) is 0 Å². The number of nitrogens with zero attached hydrogens (tertiary/aromatic N) is 1. The minimum atomic E-state index is -0.469. The SMILES string of the molecule is CC(C)(C)NC(=O)NC(=S)NC(=O)c1cccnc1. The van der Waals surface area contributed by atoms with Crippen LogP contribution in [0.4, 0.5) is 4.79 Å². The first-order valence-electron chi connectivity index (χ1n) is 5.62. The molecule has 0 spiro atoms. The maximum atomic E-state index is 11.7. The molecule has 19 heavy (non-hydrogen) atoms. The molecule has 0 fully saturated rings. The van der Waals surface area contributed by atoms with Crippen LogP contribution in [0.5, 0.6) is 0 Å². The molecule has 1 heterocycles. The van der Waals surface area contributed by atoms with Crippen LogP contribution < -0.4 is 16.0 Å². The Morgan fingerprint density at radius 2 is 1.95 bits per heavy atom. The number of nitrogens with one attached hydrogen (secondary N) is 3. The molecule has 7 heteroatoms. The van der Waals surface area contributed by atoms with E-state index in [4.69, 9.17) is 12.2 Å². The molecule has 0 saturated heterocycles. The first-order chi connectivity index (χ1) is 8.78. The highest BCUT2D eigenvalue weighted by molar-refractivity contribution is 7.80. The molecule has 1 aromatic heterocycles.